The summed E-state index contributed by atoms with van der Waals surface area (Å²) in [5.41, 5.74) is 7.08. The summed E-state index contributed by atoms with van der Waals surface area (Å²) in [5.74, 6) is 0. The standard InChI is InChI=1S/C49H38N2S/c1-52(38-19-5-2-6-20-38,39-21-7-3-8-22-39,40-23-9-4-10-24-40)41-34-36(50-46-29-15-11-25-42(46)43-26-12-16-30-47(43)50)33-37(35-41)51-48-31-17-13-27-44(48)45-28-14-18-32-49(45)51/h2-35,52H,1H3. The first-order valence-corrected chi connectivity index (χ1v) is 20.6. The molecule has 0 fully saturated rings. The Hall–Kier alpha value is -6.29. The molecule has 0 radical (unpaired) electrons. The smallest absolute Gasteiger partial charge is 0.0541 e. The highest BCUT2D eigenvalue weighted by molar-refractivity contribution is 8.49. The number of hydrogen-bond donors (Lipinski definition) is 1. The van der Waals surface area contributed by atoms with E-state index < -0.39 is 9.16 Å². The second-order valence-electron chi connectivity index (χ2n) is 14.0. The van der Waals surface area contributed by atoms with Crippen LogP contribution >= 0.6 is 9.16 Å². The first-order chi connectivity index (χ1) is 25.6. The van der Waals surface area contributed by atoms with Crippen molar-refractivity contribution in [1.29, 1.82) is 0 Å². The Bertz CT molecular complexity index is 2580. The number of aromatic nitrogens is 2. The molecule has 10 aromatic rings. The number of thiol groups is 1. The van der Waals surface area contributed by atoms with E-state index >= 15 is 0 Å². The molecule has 0 spiro atoms. The van der Waals surface area contributed by atoms with Gasteiger partial charge in [-0.25, -0.2) is 9.16 Å². The highest BCUT2D eigenvalue weighted by Crippen LogP contribution is 2.87. The molecule has 0 saturated heterocycles. The molecule has 0 aliphatic heterocycles. The van der Waals surface area contributed by atoms with Crippen LogP contribution < -0.4 is 0 Å². The van der Waals surface area contributed by atoms with Crippen LogP contribution in [0.5, 0.6) is 0 Å². The van der Waals surface area contributed by atoms with Crippen molar-refractivity contribution >= 4 is 52.8 Å². The minimum absolute atomic E-state index is 1.14. The van der Waals surface area contributed by atoms with Crippen LogP contribution in [-0.2, 0) is 0 Å². The third kappa shape index (κ3) is 4.20. The molecule has 2 heterocycles. The van der Waals surface area contributed by atoms with Gasteiger partial charge in [-0.2, -0.15) is 0 Å². The minimum Gasteiger partial charge on any atom is -0.309 e. The molecule has 10 rings (SSSR count). The summed E-state index contributed by atoms with van der Waals surface area (Å²) in [7, 11) is -3.43. The van der Waals surface area contributed by atoms with Gasteiger partial charge in [0, 0.05) is 32.9 Å². The number of rotatable bonds is 6. The Morgan fingerprint density at radius 3 is 0.865 bits per heavy atom. The van der Waals surface area contributed by atoms with Gasteiger partial charge in [0.2, 0.25) is 0 Å². The molecule has 0 saturated carbocycles. The van der Waals surface area contributed by atoms with E-state index in [4.69, 9.17) is 0 Å². The molecule has 0 bridgehead atoms. The molecule has 0 unspecified atom stereocenters. The minimum atomic E-state index is -3.43. The maximum atomic E-state index is 2.56. The van der Waals surface area contributed by atoms with Crippen LogP contribution in [0.3, 0.4) is 0 Å². The Labute approximate surface area is 304 Å². The largest absolute Gasteiger partial charge is 0.309 e. The van der Waals surface area contributed by atoms with Crippen LogP contribution in [0.4, 0.5) is 0 Å². The van der Waals surface area contributed by atoms with Gasteiger partial charge in [-0.15, -0.1) is 0 Å². The molecule has 0 aliphatic rings. The highest BCUT2D eigenvalue weighted by atomic mass is 32.3. The van der Waals surface area contributed by atoms with Crippen molar-refractivity contribution in [3.05, 3.63) is 206 Å². The zero-order valence-corrected chi connectivity index (χ0v) is 29.9. The van der Waals surface area contributed by atoms with Crippen LogP contribution in [0.2, 0.25) is 0 Å². The fourth-order valence-corrected chi connectivity index (χ4v) is 14.3. The lowest BCUT2D eigenvalue weighted by atomic mass is 10.2. The summed E-state index contributed by atoms with van der Waals surface area (Å²) < 4.78 is 4.96. The lowest BCUT2D eigenvalue weighted by Gasteiger charge is -2.60. The van der Waals surface area contributed by atoms with Crippen LogP contribution in [0.25, 0.3) is 55.0 Å². The second kappa shape index (κ2) is 11.6. The predicted octanol–water partition coefficient (Wildman–Crippen LogP) is 13.1. The van der Waals surface area contributed by atoms with Crippen molar-refractivity contribution in [3.8, 4) is 11.4 Å². The summed E-state index contributed by atoms with van der Waals surface area (Å²) in [5, 5.41) is 5.02. The van der Waals surface area contributed by atoms with Crippen molar-refractivity contribution in [2.24, 2.45) is 0 Å². The quantitative estimate of drug-likeness (QED) is 0.167. The fourth-order valence-electron chi connectivity index (χ4n) is 8.86. The van der Waals surface area contributed by atoms with Gasteiger partial charge in [0.15, 0.2) is 0 Å². The molecule has 8 aromatic carbocycles. The molecular formula is C49H38N2S. The molecule has 3 heteroatoms. The third-order valence-corrected chi connectivity index (χ3v) is 17.7. The zero-order valence-electron chi connectivity index (χ0n) is 29.0. The van der Waals surface area contributed by atoms with Gasteiger partial charge in [-0.3, -0.25) is 0 Å². The average Bonchev–Trinajstić information content (AvgIpc) is 3.75. The van der Waals surface area contributed by atoms with Gasteiger partial charge in [-0.1, -0.05) is 164 Å². The molecule has 250 valence electrons. The molecule has 2 nitrogen and oxygen atoms in total. The van der Waals surface area contributed by atoms with E-state index in [9.17, 15) is 0 Å². The van der Waals surface area contributed by atoms with E-state index in [1.807, 2.05) is 0 Å². The van der Waals surface area contributed by atoms with E-state index in [0.717, 1.165) is 11.4 Å². The van der Waals surface area contributed by atoms with E-state index in [1.165, 1.54) is 63.2 Å². The van der Waals surface area contributed by atoms with Crippen LogP contribution in [0.1, 0.15) is 0 Å². The number of para-hydroxylation sites is 4. The molecule has 0 aliphatic carbocycles. The molecule has 0 atom stereocenters. The van der Waals surface area contributed by atoms with Crippen molar-refractivity contribution in [3.63, 3.8) is 0 Å². The van der Waals surface area contributed by atoms with E-state index in [1.54, 1.807) is 0 Å². The normalized spacial score (nSPS) is 12.8. The van der Waals surface area contributed by atoms with Gasteiger partial charge < -0.3 is 9.13 Å². The summed E-state index contributed by atoms with van der Waals surface area (Å²) in [6.07, 6.45) is 2.56. The van der Waals surface area contributed by atoms with Crippen molar-refractivity contribution < 1.29 is 0 Å². The summed E-state index contributed by atoms with van der Waals surface area (Å²) >= 11 is 0. The Morgan fingerprint density at radius 2 is 0.558 bits per heavy atom. The van der Waals surface area contributed by atoms with Gasteiger partial charge in [0.05, 0.1) is 22.1 Å². The van der Waals surface area contributed by atoms with Crippen LogP contribution in [0, 0.1) is 0 Å². The van der Waals surface area contributed by atoms with Crippen LogP contribution in [0.15, 0.2) is 226 Å². The molecule has 2 aromatic heterocycles. The number of fused-ring (bicyclic) bond motifs is 6. The molecule has 52 heavy (non-hydrogen) atoms. The van der Waals surface area contributed by atoms with Gasteiger partial charge in [0.25, 0.3) is 0 Å². The fraction of sp³-hybridized carbons (Fsp3) is 0.0204. The Morgan fingerprint density at radius 1 is 0.288 bits per heavy atom. The van der Waals surface area contributed by atoms with Crippen LogP contribution in [-0.4, -0.2) is 15.4 Å². The van der Waals surface area contributed by atoms with Crippen molar-refractivity contribution in [2.75, 3.05) is 6.26 Å². The summed E-state index contributed by atoms with van der Waals surface area (Å²) in [6, 6.07) is 76.5. The first kappa shape index (κ1) is 30.5. The number of nitrogens with zero attached hydrogens (tertiary/aromatic N) is 2. The SMILES string of the molecule is C[SH](c1ccccc1)(c1ccccc1)(c1ccccc1)c1cc(-n2c3ccccc3c3ccccc32)cc(-n2c3ccccc3c3ccccc32)c1. The molecule has 0 amide bonds. The predicted molar refractivity (Wildman–Crippen MR) is 222 cm³/mol. The van der Waals surface area contributed by atoms with Gasteiger partial charge in [0.1, 0.15) is 0 Å². The molecule has 0 N–H and O–H groups in total. The topological polar surface area (TPSA) is 9.86 Å². The first-order valence-electron chi connectivity index (χ1n) is 18.0. The molecular weight excluding hydrogens is 649 g/mol. The highest BCUT2D eigenvalue weighted by Gasteiger charge is 2.44. The zero-order chi connectivity index (χ0) is 34.7. The van der Waals surface area contributed by atoms with Crippen molar-refractivity contribution in [1.82, 2.24) is 9.13 Å². The lowest BCUT2D eigenvalue weighted by molar-refractivity contribution is 1.09. The van der Waals surface area contributed by atoms with Gasteiger partial charge >= 0.3 is 0 Å². The number of hydrogen-bond acceptors (Lipinski definition) is 0. The average molecular weight is 687 g/mol. The Kier molecular flexibility index (Phi) is 6.83. The second-order valence-corrected chi connectivity index (χ2v) is 19.2. The third-order valence-electron chi connectivity index (χ3n) is 11.4. The summed E-state index contributed by atoms with van der Waals surface area (Å²) in [4.78, 5) is 5.31. The lowest BCUT2D eigenvalue weighted by Crippen LogP contribution is -2.20. The monoisotopic (exact) mass is 686 g/mol. The summed E-state index contributed by atoms with van der Waals surface area (Å²) in [6.45, 7) is 0. The maximum absolute atomic E-state index is 3.43. The number of benzene rings is 8. The van der Waals surface area contributed by atoms with Crippen molar-refractivity contribution in [2.45, 2.75) is 19.6 Å². The van der Waals surface area contributed by atoms with E-state index in [0.29, 0.717) is 0 Å². The Balaban J connectivity index is 1.44. The maximum Gasteiger partial charge on any atom is 0.0541 e. The van der Waals surface area contributed by atoms with E-state index in [-0.39, 0.29) is 0 Å². The van der Waals surface area contributed by atoms with Gasteiger partial charge in [-0.05, 0) is 68.3 Å². The van der Waals surface area contributed by atoms with E-state index in [2.05, 4.69) is 222 Å².